The first-order valence-corrected chi connectivity index (χ1v) is 6.54. The van der Waals surface area contributed by atoms with Crippen LogP contribution in [0.25, 0.3) is 0 Å². The number of carbonyl (C=O) groups is 2. The van der Waals surface area contributed by atoms with E-state index in [4.69, 9.17) is 5.11 Å². The second-order valence-corrected chi connectivity index (χ2v) is 4.98. The summed E-state index contributed by atoms with van der Waals surface area (Å²) in [6.45, 7) is 1.79. The van der Waals surface area contributed by atoms with E-state index >= 15 is 0 Å². The predicted molar refractivity (Wildman–Crippen MR) is 65.7 cm³/mol. The number of amides is 1. The van der Waals surface area contributed by atoms with Gasteiger partial charge in [0.05, 0.1) is 0 Å². The summed E-state index contributed by atoms with van der Waals surface area (Å²) in [5.41, 5.74) is 0. The lowest BCUT2D eigenvalue weighted by Crippen LogP contribution is -2.42. The molecule has 0 aromatic heterocycles. The van der Waals surface area contributed by atoms with E-state index in [0.717, 1.165) is 12.8 Å². The third kappa shape index (κ3) is 4.02. The van der Waals surface area contributed by atoms with E-state index in [-0.39, 0.29) is 5.91 Å². The molecule has 0 spiro atoms. The van der Waals surface area contributed by atoms with Gasteiger partial charge in [0.2, 0.25) is 5.91 Å². The number of hydrogen-bond acceptors (Lipinski definition) is 2. The molecule has 1 N–H and O–H groups in total. The van der Waals surface area contributed by atoms with Crippen LogP contribution >= 0.6 is 0 Å². The van der Waals surface area contributed by atoms with Crippen LogP contribution in [0.15, 0.2) is 0 Å². The summed E-state index contributed by atoms with van der Waals surface area (Å²) in [6, 6.07) is -0.675. The summed E-state index contributed by atoms with van der Waals surface area (Å²) in [6.07, 6.45) is 6.89. The van der Waals surface area contributed by atoms with Crippen molar-refractivity contribution < 1.29 is 14.7 Å². The fraction of sp³-hybridized carbons (Fsp3) is 0.846. The van der Waals surface area contributed by atoms with E-state index in [1.165, 1.54) is 24.2 Å². The normalized spacial score (nSPS) is 18.7. The summed E-state index contributed by atoms with van der Waals surface area (Å²) < 4.78 is 0. The molecule has 17 heavy (non-hydrogen) atoms. The lowest BCUT2D eigenvalue weighted by molar-refractivity contribution is -0.149. The molecule has 4 heteroatoms. The first kappa shape index (κ1) is 14.0. The Balaban J connectivity index is 2.47. The summed E-state index contributed by atoms with van der Waals surface area (Å²) >= 11 is 0. The Morgan fingerprint density at radius 2 is 1.88 bits per heavy atom. The van der Waals surface area contributed by atoms with Crippen molar-refractivity contribution in [3.05, 3.63) is 0 Å². The molecule has 1 atom stereocenters. The zero-order valence-corrected chi connectivity index (χ0v) is 10.8. The molecule has 0 aromatic rings. The van der Waals surface area contributed by atoms with E-state index in [9.17, 15) is 9.59 Å². The van der Waals surface area contributed by atoms with E-state index in [1.54, 1.807) is 14.0 Å². The van der Waals surface area contributed by atoms with Crippen molar-refractivity contribution in [1.82, 2.24) is 4.90 Å². The van der Waals surface area contributed by atoms with Gasteiger partial charge in [-0.15, -0.1) is 0 Å². The molecule has 0 saturated heterocycles. The number of carbonyl (C=O) groups excluding carboxylic acids is 1. The highest BCUT2D eigenvalue weighted by Gasteiger charge is 2.26. The Morgan fingerprint density at radius 3 is 2.35 bits per heavy atom. The molecule has 1 rings (SSSR count). The first-order valence-electron chi connectivity index (χ1n) is 6.54. The first-order chi connectivity index (χ1) is 8.06. The molecule has 1 aliphatic carbocycles. The number of carboxylic acids is 1. The molecule has 1 saturated carbocycles. The second-order valence-electron chi connectivity index (χ2n) is 4.98. The average Bonchev–Trinajstić information content (AvgIpc) is 2.30. The minimum Gasteiger partial charge on any atom is -0.480 e. The Hall–Kier alpha value is -1.06. The van der Waals surface area contributed by atoms with Crippen molar-refractivity contribution >= 4 is 11.9 Å². The van der Waals surface area contributed by atoms with Crippen LogP contribution in [0.2, 0.25) is 0 Å². The monoisotopic (exact) mass is 241 g/mol. The van der Waals surface area contributed by atoms with E-state index in [1.807, 2.05) is 0 Å². The summed E-state index contributed by atoms with van der Waals surface area (Å²) in [4.78, 5) is 24.4. The molecule has 0 aromatic carbocycles. The van der Waals surface area contributed by atoms with Gasteiger partial charge in [0, 0.05) is 13.5 Å². The van der Waals surface area contributed by atoms with E-state index in [0.29, 0.717) is 18.8 Å². The van der Waals surface area contributed by atoms with Crippen LogP contribution in [0.3, 0.4) is 0 Å². The van der Waals surface area contributed by atoms with E-state index in [2.05, 4.69) is 0 Å². The minimum atomic E-state index is -0.910. The quantitative estimate of drug-likeness (QED) is 0.803. The van der Waals surface area contributed by atoms with Gasteiger partial charge in [-0.3, -0.25) is 4.79 Å². The molecule has 1 fully saturated rings. The Labute approximate surface area is 103 Å². The Kier molecular flexibility index (Phi) is 5.45. The van der Waals surface area contributed by atoms with Crippen molar-refractivity contribution in [3.8, 4) is 0 Å². The standard InChI is InChI=1S/C13H23NO3/c1-3-11(13(16)17)14(2)12(15)9-10-7-5-4-6-8-10/h10-11H,3-9H2,1-2H3,(H,16,17). The lowest BCUT2D eigenvalue weighted by Gasteiger charge is -2.27. The van der Waals surface area contributed by atoms with Crippen LogP contribution < -0.4 is 0 Å². The number of aliphatic carboxylic acids is 1. The van der Waals surface area contributed by atoms with Crippen LogP contribution in [0, 0.1) is 5.92 Å². The zero-order valence-electron chi connectivity index (χ0n) is 10.8. The van der Waals surface area contributed by atoms with Crippen LogP contribution in [-0.4, -0.2) is 35.0 Å². The van der Waals surface area contributed by atoms with Gasteiger partial charge in [-0.1, -0.05) is 26.2 Å². The third-order valence-electron chi connectivity index (χ3n) is 3.72. The number of carboxylic acid groups (broad SMARTS) is 1. The van der Waals surface area contributed by atoms with Crippen molar-refractivity contribution in [1.29, 1.82) is 0 Å². The molecule has 1 unspecified atom stereocenters. The maximum atomic E-state index is 12.0. The van der Waals surface area contributed by atoms with Crippen molar-refractivity contribution in [2.24, 2.45) is 5.92 Å². The predicted octanol–water partition coefficient (Wildman–Crippen LogP) is 2.28. The molecular weight excluding hydrogens is 218 g/mol. The Bertz CT molecular complexity index is 272. The maximum absolute atomic E-state index is 12.0. The summed E-state index contributed by atoms with van der Waals surface area (Å²) in [5.74, 6) is -0.469. The van der Waals surface area contributed by atoms with Crippen molar-refractivity contribution in [2.45, 2.75) is 57.9 Å². The van der Waals surface area contributed by atoms with Gasteiger partial charge in [0.25, 0.3) is 0 Å². The fourth-order valence-electron chi connectivity index (χ4n) is 2.57. The molecule has 0 radical (unpaired) electrons. The molecule has 0 heterocycles. The summed E-state index contributed by atoms with van der Waals surface area (Å²) in [7, 11) is 1.60. The van der Waals surface area contributed by atoms with Crippen molar-refractivity contribution in [2.75, 3.05) is 7.05 Å². The van der Waals surface area contributed by atoms with Gasteiger partial charge in [0.1, 0.15) is 6.04 Å². The lowest BCUT2D eigenvalue weighted by atomic mass is 9.86. The number of rotatable bonds is 5. The molecule has 1 amide bonds. The number of hydrogen-bond donors (Lipinski definition) is 1. The highest BCUT2D eigenvalue weighted by atomic mass is 16.4. The third-order valence-corrected chi connectivity index (χ3v) is 3.72. The SMILES string of the molecule is CCC(C(=O)O)N(C)C(=O)CC1CCCCC1. The van der Waals surface area contributed by atoms with E-state index < -0.39 is 12.0 Å². The van der Waals surface area contributed by atoms with Gasteiger partial charge in [-0.05, 0) is 25.2 Å². The second kappa shape index (κ2) is 6.62. The van der Waals surface area contributed by atoms with Gasteiger partial charge in [-0.25, -0.2) is 4.79 Å². The van der Waals surface area contributed by atoms with Gasteiger partial charge >= 0.3 is 5.97 Å². The molecule has 1 aliphatic rings. The van der Waals surface area contributed by atoms with Crippen molar-refractivity contribution in [3.63, 3.8) is 0 Å². The molecule has 98 valence electrons. The van der Waals surface area contributed by atoms with Gasteiger partial charge in [0.15, 0.2) is 0 Å². The minimum absolute atomic E-state index is 0.0221. The van der Waals surface area contributed by atoms with Crippen LogP contribution in [0.5, 0.6) is 0 Å². The van der Waals surface area contributed by atoms with Gasteiger partial charge in [-0.2, -0.15) is 0 Å². The van der Waals surface area contributed by atoms with Crippen LogP contribution in [0.4, 0.5) is 0 Å². The highest BCUT2D eigenvalue weighted by Crippen LogP contribution is 2.27. The number of nitrogens with zero attached hydrogens (tertiary/aromatic N) is 1. The number of likely N-dealkylation sites (N-methyl/N-ethyl adjacent to an activating group) is 1. The highest BCUT2D eigenvalue weighted by molar-refractivity contribution is 5.83. The van der Waals surface area contributed by atoms with Gasteiger partial charge < -0.3 is 10.0 Å². The fourth-order valence-corrected chi connectivity index (χ4v) is 2.57. The summed E-state index contributed by atoms with van der Waals surface area (Å²) in [5, 5.41) is 9.00. The molecule has 4 nitrogen and oxygen atoms in total. The zero-order chi connectivity index (χ0) is 12.8. The van der Waals surface area contributed by atoms with Crippen LogP contribution in [-0.2, 0) is 9.59 Å². The molecule has 0 bridgehead atoms. The topological polar surface area (TPSA) is 57.6 Å². The molecule has 0 aliphatic heterocycles. The Morgan fingerprint density at radius 1 is 1.29 bits per heavy atom. The maximum Gasteiger partial charge on any atom is 0.326 e. The largest absolute Gasteiger partial charge is 0.480 e. The average molecular weight is 241 g/mol. The molecular formula is C13H23NO3. The smallest absolute Gasteiger partial charge is 0.326 e. The van der Waals surface area contributed by atoms with Crippen LogP contribution in [0.1, 0.15) is 51.9 Å².